The second-order valence-electron chi connectivity index (χ2n) is 2.14. The Kier molecular flexibility index (Phi) is 3.81. The molecule has 0 spiro atoms. The van der Waals surface area contributed by atoms with Crippen LogP contribution >= 0.6 is 0 Å². The fourth-order valence-corrected chi connectivity index (χ4v) is 1.20. The van der Waals surface area contributed by atoms with Crippen LogP contribution in [0.1, 0.15) is 26.2 Å². The highest BCUT2D eigenvalue weighted by molar-refractivity contribution is 7.90. The van der Waals surface area contributed by atoms with Crippen LogP contribution in [0, 0.1) is 4.78 Å². The smallest absolute Gasteiger partial charge is 0.102 e. The quantitative estimate of drug-likeness (QED) is 0.579. The second-order valence-corrected chi connectivity index (χ2v) is 4.00. The Bertz CT molecular complexity index is 150. The topological polar surface area (TPSA) is 66.9 Å². The van der Waals surface area contributed by atoms with Crippen LogP contribution in [-0.4, -0.2) is 9.96 Å². The van der Waals surface area contributed by atoms with E-state index in [-0.39, 0.29) is 0 Å². The lowest BCUT2D eigenvalue weighted by Gasteiger charge is -1.97. The maximum Gasteiger partial charge on any atom is 0.102 e. The largest absolute Gasteiger partial charge is 0.245 e. The van der Waals surface area contributed by atoms with E-state index in [0.717, 1.165) is 19.3 Å². The first-order valence-electron chi connectivity index (χ1n) is 3.10. The number of nitrogens with one attached hydrogen (secondary N) is 1. The molecular weight excluding hydrogens is 136 g/mol. The predicted molar refractivity (Wildman–Crippen MR) is 39.4 cm³/mol. The molecule has 0 aliphatic carbocycles. The molecule has 0 aliphatic rings. The van der Waals surface area contributed by atoms with E-state index in [1.807, 2.05) is 0 Å². The zero-order chi connectivity index (χ0) is 7.33. The third-order valence-corrected chi connectivity index (χ3v) is 1.95. The van der Waals surface area contributed by atoms with Gasteiger partial charge in [0.25, 0.3) is 0 Å². The Morgan fingerprint density at radius 2 is 2.11 bits per heavy atom. The summed E-state index contributed by atoms with van der Waals surface area (Å²) in [5.74, 6) is 0.348. The van der Waals surface area contributed by atoms with Crippen molar-refractivity contribution < 1.29 is 4.21 Å². The molecule has 0 aliphatic heterocycles. The monoisotopic (exact) mass is 150 g/mol. The lowest BCUT2D eigenvalue weighted by Crippen LogP contribution is -2.14. The molecule has 0 amide bonds. The summed E-state index contributed by atoms with van der Waals surface area (Å²) >= 11 is 0. The number of hydrogen-bond acceptors (Lipinski definition) is 2. The molecule has 9 heavy (non-hydrogen) atoms. The molecule has 1 unspecified atom stereocenters. The SMILES string of the molecule is CCCCCS(=N)(N)=O. The minimum Gasteiger partial charge on any atom is -0.245 e. The Labute approximate surface area is 56.7 Å². The number of hydrogen-bond donors (Lipinski definition) is 2. The van der Waals surface area contributed by atoms with E-state index < -0.39 is 9.92 Å². The molecule has 0 bridgehead atoms. The number of nitrogens with two attached hydrogens (primary N) is 1. The molecule has 0 fully saturated rings. The third-order valence-electron chi connectivity index (χ3n) is 1.05. The molecule has 0 aromatic carbocycles. The van der Waals surface area contributed by atoms with Crippen molar-refractivity contribution in [1.29, 1.82) is 4.78 Å². The summed E-state index contributed by atoms with van der Waals surface area (Å²) in [6, 6.07) is 0. The van der Waals surface area contributed by atoms with Crippen LogP contribution in [0.2, 0.25) is 0 Å². The summed E-state index contributed by atoms with van der Waals surface area (Å²) < 4.78 is 17.3. The molecule has 0 heterocycles. The molecular formula is C5H14N2OS. The van der Waals surface area contributed by atoms with Gasteiger partial charge in [-0.25, -0.2) is 14.1 Å². The average Bonchev–Trinajstić information content (AvgIpc) is 1.63. The molecule has 0 rings (SSSR count). The Morgan fingerprint density at radius 3 is 2.44 bits per heavy atom. The Morgan fingerprint density at radius 1 is 1.56 bits per heavy atom. The van der Waals surface area contributed by atoms with Gasteiger partial charge in [0.2, 0.25) is 0 Å². The number of unbranched alkanes of at least 4 members (excludes halogenated alkanes) is 2. The fraction of sp³-hybridized carbons (Fsp3) is 1.00. The maximum atomic E-state index is 10.5. The van der Waals surface area contributed by atoms with E-state index in [4.69, 9.17) is 9.92 Å². The first-order valence-corrected chi connectivity index (χ1v) is 4.89. The Hall–Kier alpha value is -0.0900. The van der Waals surface area contributed by atoms with Gasteiger partial charge in [0.05, 0.1) is 0 Å². The average molecular weight is 150 g/mol. The van der Waals surface area contributed by atoms with Crippen LogP contribution in [0.5, 0.6) is 0 Å². The van der Waals surface area contributed by atoms with E-state index in [1.54, 1.807) is 0 Å². The molecule has 3 nitrogen and oxygen atoms in total. The predicted octanol–water partition coefficient (Wildman–Crippen LogP) is 1.10. The van der Waals surface area contributed by atoms with Gasteiger partial charge in [-0.05, 0) is 6.42 Å². The first kappa shape index (κ1) is 8.91. The van der Waals surface area contributed by atoms with Gasteiger partial charge in [-0.3, -0.25) is 0 Å². The summed E-state index contributed by atoms with van der Waals surface area (Å²) in [6.07, 6.45) is 2.91. The van der Waals surface area contributed by atoms with Crippen LogP contribution in [0.25, 0.3) is 0 Å². The van der Waals surface area contributed by atoms with E-state index in [0.29, 0.717) is 5.75 Å². The minimum absolute atomic E-state index is 0.348. The highest BCUT2D eigenvalue weighted by Crippen LogP contribution is 1.95. The van der Waals surface area contributed by atoms with Gasteiger partial charge < -0.3 is 0 Å². The van der Waals surface area contributed by atoms with Gasteiger partial charge in [0.15, 0.2) is 0 Å². The van der Waals surface area contributed by atoms with Crippen molar-refractivity contribution in [2.75, 3.05) is 5.75 Å². The van der Waals surface area contributed by atoms with Crippen molar-refractivity contribution in [3.8, 4) is 0 Å². The summed E-state index contributed by atoms with van der Waals surface area (Å²) in [5, 5.41) is 4.97. The zero-order valence-electron chi connectivity index (χ0n) is 5.72. The van der Waals surface area contributed by atoms with E-state index >= 15 is 0 Å². The van der Waals surface area contributed by atoms with Crippen molar-refractivity contribution in [3.63, 3.8) is 0 Å². The summed E-state index contributed by atoms with van der Waals surface area (Å²) in [7, 11) is -2.70. The van der Waals surface area contributed by atoms with E-state index in [9.17, 15) is 4.21 Å². The van der Waals surface area contributed by atoms with Gasteiger partial charge >= 0.3 is 0 Å². The lowest BCUT2D eigenvalue weighted by molar-refractivity contribution is 0.669. The molecule has 1 atom stereocenters. The molecule has 0 aromatic heterocycles. The maximum absolute atomic E-state index is 10.5. The highest BCUT2D eigenvalue weighted by atomic mass is 32.2. The fourth-order valence-electron chi connectivity index (χ4n) is 0.566. The standard InChI is InChI=1S/C5H14N2OS/c1-2-3-4-5-9(6,7)8/h2-5H2,1H3,(H3,6,7,8). The van der Waals surface area contributed by atoms with Gasteiger partial charge in [-0.1, -0.05) is 19.8 Å². The second kappa shape index (κ2) is 3.85. The minimum atomic E-state index is -2.70. The zero-order valence-corrected chi connectivity index (χ0v) is 6.54. The van der Waals surface area contributed by atoms with Crippen LogP contribution in [0.4, 0.5) is 0 Å². The number of rotatable bonds is 4. The van der Waals surface area contributed by atoms with Gasteiger partial charge in [-0.2, -0.15) is 0 Å². The van der Waals surface area contributed by atoms with Crippen molar-refractivity contribution in [2.45, 2.75) is 26.2 Å². The van der Waals surface area contributed by atoms with Crippen molar-refractivity contribution in [1.82, 2.24) is 0 Å². The van der Waals surface area contributed by atoms with Crippen molar-refractivity contribution >= 4 is 9.92 Å². The van der Waals surface area contributed by atoms with Crippen LogP contribution in [-0.2, 0) is 9.92 Å². The van der Waals surface area contributed by atoms with Crippen LogP contribution in [0.3, 0.4) is 0 Å². The summed E-state index contributed by atoms with van der Waals surface area (Å²) in [5.41, 5.74) is 0. The van der Waals surface area contributed by atoms with Gasteiger partial charge in [0.1, 0.15) is 9.92 Å². The van der Waals surface area contributed by atoms with E-state index in [2.05, 4.69) is 6.92 Å². The Balaban J connectivity index is 3.30. The molecule has 0 radical (unpaired) electrons. The molecule has 0 aromatic rings. The first-order chi connectivity index (χ1) is 4.06. The third kappa shape index (κ3) is 7.91. The summed E-state index contributed by atoms with van der Waals surface area (Å²) in [4.78, 5) is 0. The summed E-state index contributed by atoms with van der Waals surface area (Å²) in [6.45, 7) is 2.06. The highest BCUT2D eigenvalue weighted by Gasteiger charge is 1.95. The molecule has 56 valence electrons. The normalized spacial score (nSPS) is 17.1. The van der Waals surface area contributed by atoms with Crippen LogP contribution in [0.15, 0.2) is 0 Å². The molecule has 0 saturated carbocycles. The molecule has 0 saturated heterocycles. The van der Waals surface area contributed by atoms with Gasteiger partial charge in [-0.15, -0.1) is 0 Å². The lowest BCUT2D eigenvalue weighted by atomic mass is 10.3. The van der Waals surface area contributed by atoms with Gasteiger partial charge in [0, 0.05) is 5.75 Å². The van der Waals surface area contributed by atoms with Crippen molar-refractivity contribution in [2.24, 2.45) is 5.14 Å². The van der Waals surface area contributed by atoms with E-state index in [1.165, 1.54) is 0 Å². The van der Waals surface area contributed by atoms with Crippen LogP contribution < -0.4 is 5.14 Å². The molecule has 4 heteroatoms. The molecule has 3 N–H and O–H groups in total. The van der Waals surface area contributed by atoms with Crippen molar-refractivity contribution in [3.05, 3.63) is 0 Å².